The number of carboxylic acids is 1. The van der Waals surface area contributed by atoms with Crippen LogP contribution in [0.4, 0.5) is 11.6 Å². The molecule has 2 aromatic carbocycles. The number of aromatic nitrogens is 2. The number of carbonyl (C=O) groups is 2. The fourth-order valence-corrected chi connectivity index (χ4v) is 2.53. The normalized spacial score (nSPS) is 10.6. The van der Waals surface area contributed by atoms with Gasteiger partial charge in [0.2, 0.25) is 11.9 Å². The summed E-state index contributed by atoms with van der Waals surface area (Å²) in [6, 6.07) is 10.7. The SMILES string of the molecule is CC(=O)Nc1ccccc1-n1c(N)nc2ccc(C(=O)O)cc2c1=O. The average molecular weight is 338 g/mol. The number of amides is 1. The summed E-state index contributed by atoms with van der Waals surface area (Å²) < 4.78 is 1.14. The highest BCUT2D eigenvalue weighted by Crippen LogP contribution is 2.22. The average Bonchev–Trinajstić information content (AvgIpc) is 2.55. The van der Waals surface area contributed by atoms with Crippen molar-refractivity contribution in [3.8, 4) is 5.69 Å². The Hall–Kier alpha value is -3.68. The molecule has 1 amide bonds. The van der Waals surface area contributed by atoms with Crippen molar-refractivity contribution in [1.29, 1.82) is 0 Å². The fourth-order valence-electron chi connectivity index (χ4n) is 2.53. The van der Waals surface area contributed by atoms with Crippen LogP contribution in [0.5, 0.6) is 0 Å². The fraction of sp³-hybridized carbons (Fsp3) is 0.0588. The molecule has 0 aliphatic rings. The molecule has 3 rings (SSSR count). The van der Waals surface area contributed by atoms with Gasteiger partial charge in [-0.3, -0.25) is 9.59 Å². The van der Waals surface area contributed by atoms with Crippen LogP contribution in [-0.4, -0.2) is 26.5 Å². The Morgan fingerprint density at radius 1 is 1.20 bits per heavy atom. The smallest absolute Gasteiger partial charge is 0.335 e. The van der Waals surface area contributed by atoms with E-state index >= 15 is 0 Å². The quantitative estimate of drug-likeness (QED) is 0.666. The molecule has 0 saturated heterocycles. The minimum Gasteiger partial charge on any atom is -0.478 e. The highest BCUT2D eigenvalue weighted by molar-refractivity contribution is 5.94. The number of aromatic carboxylic acids is 1. The first-order valence-electron chi connectivity index (χ1n) is 7.31. The lowest BCUT2D eigenvalue weighted by Crippen LogP contribution is -2.24. The van der Waals surface area contributed by atoms with Crippen molar-refractivity contribution in [2.45, 2.75) is 6.92 Å². The lowest BCUT2D eigenvalue weighted by molar-refractivity contribution is -0.114. The van der Waals surface area contributed by atoms with Gasteiger partial charge in [-0.25, -0.2) is 14.3 Å². The number of para-hydroxylation sites is 2. The first kappa shape index (κ1) is 16.2. The number of hydrogen-bond acceptors (Lipinski definition) is 5. The second-order valence-corrected chi connectivity index (χ2v) is 5.35. The highest BCUT2D eigenvalue weighted by Gasteiger charge is 2.15. The number of carbonyl (C=O) groups excluding carboxylic acids is 1. The van der Waals surface area contributed by atoms with Crippen molar-refractivity contribution in [1.82, 2.24) is 9.55 Å². The number of rotatable bonds is 3. The first-order valence-corrected chi connectivity index (χ1v) is 7.31. The van der Waals surface area contributed by atoms with Crippen LogP contribution in [0.3, 0.4) is 0 Å². The van der Waals surface area contributed by atoms with Crippen LogP contribution in [0.2, 0.25) is 0 Å². The Morgan fingerprint density at radius 3 is 2.60 bits per heavy atom. The molecule has 25 heavy (non-hydrogen) atoms. The number of nitrogens with zero attached hydrogens (tertiary/aromatic N) is 2. The maximum atomic E-state index is 12.9. The molecule has 0 aliphatic carbocycles. The molecule has 0 unspecified atom stereocenters. The van der Waals surface area contributed by atoms with Crippen LogP contribution in [-0.2, 0) is 4.79 Å². The van der Waals surface area contributed by atoms with Gasteiger partial charge in [-0.2, -0.15) is 0 Å². The molecule has 0 bridgehead atoms. The molecule has 4 N–H and O–H groups in total. The van der Waals surface area contributed by atoms with Crippen molar-refractivity contribution < 1.29 is 14.7 Å². The standard InChI is InChI=1S/C17H14N4O4/c1-9(22)19-13-4-2-3-5-14(13)21-15(23)11-8-10(16(24)25)6-7-12(11)20-17(21)18/h2-8H,1H3,(H2,18,20)(H,19,22)(H,24,25). The van der Waals surface area contributed by atoms with Gasteiger partial charge >= 0.3 is 5.97 Å². The van der Waals surface area contributed by atoms with Gasteiger partial charge in [-0.15, -0.1) is 0 Å². The third-order valence-corrected chi connectivity index (χ3v) is 3.60. The van der Waals surface area contributed by atoms with E-state index in [0.29, 0.717) is 16.9 Å². The molecular weight excluding hydrogens is 324 g/mol. The number of carboxylic acid groups (broad SMARTS) is 1. The van der Waals surface area contributed by atoms with Crippen molar-refractivity contribution in [2.75, 3.05) is 11.1 Å². The lowest BCUT2D eigenvalue weighted by atomic mass is 10.1. The number of hydrogen-bond donors (Lipinski definition) is 3. The van der Waals surface area contributed by atoms with Crippen molar-refractivity contribution in [3.05, 3.63) is 58.4 Å². The van der Waals surface area contributed by atoms with Crippen LogP contribution >= 0.6 is 0 Å². The van der Waals surface area contributed by atoms with Crippen molar-refractivity contribution in [3.63, 3.8) is 0 Å². The number of benzene rings is 2. The molecule has 3 aromatic rings. The predicted molar refractivity (Wildman–Crippen MR) is 93.0 cm³/mol. The Labute approximate surface area is 141 Å². The maximum Gasteiger partial charge on any atom is 0.335 e. The molecule has 0 aliphatic heterocycles. The largest absolute Gasteiger partial charge is 0.478 e. The molecule has 0 radical (unpaired) electrons. The lowest BCUT2D eigenvalue weighted by Gasteiger charge is -2.14. The zero-order valence-electron chi connectivity index (χ0n) is 13.2. The van der Waals surface area contributed by atoms with Gasteiger partial charge < -0.3 is 16.2 Å². The van der Waals surface area contributed by atoms with Gasteiger partial charge in [0.15, 0.2) is 0 Å². The van der Waals surface area contributed by atoms with Crippen LogP contribution in [0.25, 0.3) is 16.6 Å². The molecule has 8 nitrogen and oxygen atoms in total. The molecular formula is C17H14N4O4. The molecule has 0 saturated carbocycles. The van der Waals surface area contributed by atoms with Gasteiger partial charge in [0.1, 0.15) is 0 Å². The van der Waals surface area contributed by atoms with Crippen LogP contribution < -0.4 is 16.6 Å². The Bertz CT molecular complexity index is 1070. The molecule has 0 spiro atoms. The molecule has 126 valence electrons. The summed E-state index contributed by atoms with van der Waals surface area (Å²) in [4.78, 5) is 39.6. The van der Waals surface area contributed by atoms with E-state index in [1.54, 1.807) is 24.3 Å². The summed E-state index contributed by atoms with van der Waals surface area (Å²) >= 11 is 0. The predicted octanol–water partition coefficient (Wildman–Crippen LogP) is 1.62. The second kappa shape index (κ2) is 6.08. The Kier molecular flexibility index (Phi) is 3.94. The molecule has 1 aromatic heterocycles. The zero-order valence-corrected chi connectivity index (χ0v) is 13.2. The van der Waals surface area contributed by atoms with Crippen LogP contribution in [0.15, 0.2) is 47.3 Å². The van der Waals surface area contributed by atoms with E-state index in [1.807, 2.05) is 0 Å². The highest BCUT2D eigenvalue weighted by atomic mass is 16.4. The number of nitrogens with two attached hydrogens (primary N) is 1. The van der Waals surface area contributed by atoms with E-state index in [-0.39, 0.29) is 22.8 Å². The third-order valence-electron chi connectivity index (χ3n) is 3.60. The Balaban J connectivity index is 2.32. The summed E-state index contributed by atoms with van der Waals surface area (Å²) in [5.74, 6) is -1.53. The minimum atomic E-state index is -1.15. The van der Waals surface area contributed by atoms with E-state index in [2.05, 4.69) is 10.3 Å². The van der Waals surface area contributed by atoms with Crippen LogP contribution in [0.1, 0.15) is 17.3 Å². The topological polar surface area (TPSA) is 127 Å². The molecule has 0 atom stereocenters. The first-order chi connectivity index (χ1) is 11.9. The second-order valence-electron chi connectivity index (χ2n) is 5.35. The van der Waals surface area contributed by atoms with E-state index in [0.717, 1.165) is 4.57 Å². The monoisotopic (exact) mass is 338 g/mol. The van der Waals surface area contributed by atoms with Gasteiger partial charge in [-0.05, 0) is 30.3 Å². The minimum absolute atomic E-state index is 0.0298. The van der Waals surface area contributed by atoms with E-state index in [4.69, 9.17) is 10.8 Å². The van der Waals surface area contributed by atoms with E-state index in [1.165, 1.54) is 25.1 Å². The maximum absolute atomic E-state index is 12.9. The van der Waals surface area contributed by atoms with Gasteiger partial charge in [0.05, 0.1) is 27.8 Å². The molecule has 0 fully saturated rings. The number of nitrogen functional groups attached to an aromatic ring is 1. The van der Waals surface area contributed by atoms with Gasteiger partial charge in [0.25, 0.3) is 5.56 Å². The van der Waals surface area contributed by atoms with E-state index in [9.17, 15) is 14.4 Å². The summed E-state index contributed by atoms with van der Waals surface area (Å²) in [6.45, 7) is 1.35. The number of fused-ring (bicyclic) bond motifs is 1. The Morgan fingerprint density at radius 2 is 1.92 bits per heavy atom. The third kappa shape index (κ3) is 2.92. The van der Waals surface area contributed by atoms with Crippen LogP contribution in [0, 0.1) is 0 Å². The summed E-state index contributed by atoms with van der Waals surface area (Å²) in [5, 5.41) is 11.9. The summed E-state index contributed by atoms with van der Waals surface area (Å²) in [7, 11) is 0. The number of anilines is 2. The summed E-state index contributed by atoms with van der Waals surface area (Å²) in [6.07, 6.45) is 0. The summed E-state index contributed by atoms with van der Waals surface area (Å²) in [5.41, 5.74) is 6.41. The number of nitrogens with one attached hydrogen (secondary N) is 1. The van der Waals surface area contributed by atoms with E-state index < -0.39 is 11.5 Å². The van der Waals surface area contributed by atoms with Gasteiger partial charge in [0, 0.05) is 6.92 Å². The van der Waals surface area contributed by atoms with Crippen molar-refractivity contribution >= 4 is 34.4 Å². The van der Waals surface area contributed by atoms with Gasteiger partial charge in [-0.1, -0.05) is 12.1 Å². The molecule has 8 heteroatoms. The zero-order chi connectivity index (χ0) is 18.1. The van der Waals surface area contributed by atoms with Crippen molar-refractivity contribution in [2.24, 2.45) is 0 Å². The molecule has 1 heterocycles.